The van der Waals surface area contributed by atoms with E-state index in [1.807, 2.05) is 42.5 Å². The number of nitriles is 1. The number of nitrogens with zero attached hydrogens (tertiary/aromatic N) is 2. The minimum absolute atomic E-state index is 0.109. The molecule has 1 aliphatic rings. The van der Waals surface area contributed by atoms with E-state index in [-0.39, 0.29) is 12.1 Å². The van der Waals surface area contributed by atoms with Gasteiger partial charge in [0.1, 0.15) is 5.75 Å². The summed E-state index contributed by atoms with van der Waals surface area (Å²) >= 11 is 0. The van der Waals surface area contributed by atoms with Gasteiger partial charge in [-0.1, -0.05) is 12.1 Å². The molecule has 1 saturated heterocycles. The van der Waals surface area contributed by atoms with Crippen molar-refractivity contribution < 1.29 is 9.84 Å². The molecule has 1 heterocycles. The zero-order valence-electron chi connectivity index (χ0n) is 12.4. The van der Waals surface area contributed by atoms with Crippen LogP contribution in [0.5, 0.6) is 5.75 Å². The van der Waals surface area contributed by atoms with Gasteiger partial charge in [-0.3, -0.25) is 0 Å². The van der Waals surface area contributed by atoms with Gasteiger partial charge in [-0.15, -0.1) is 0 Å². The van der Waals surface area contributed by atoms with Gasteiger partial charge < -0.3 is 14.7 Å². The van der Waals surface area contributed by atoms with Crippen molar-refractivity contribution in [3.05, 3.63) is 59.7 Å². The third kappa shape index (κ3) is 2.76. The summed E-state index contributed by atoms with van der Waals surface area (Å²) in [5.74, 6) is 0.818. The highest BCUT2D eigenvalue weighted by molar-refractivity contribution is 5.53. The highest BCUT2D eigenvalue weighted by Crippen LogP contribution is 2.37. The minimum atomic E-state index is -0.355. The maximum atomic E-state index is 10.1. The number of β-amino-alcohol motifs (C(OH)–C–C–N with tert-alkyl or cyclic N) is 1. The van der Waals surface area contributed by atoms with E-state index in [9.17, 15) is 5.11 Å². The lowest BCUT2D eigenvalue weighted by Gasteiger charge is -2.27. The monoisotopic (exact) mass is 294 g/mol. The molecule has 2 atom stereocenters. The Balaban J connectivity index is 1.92. The van der Waals surface area contributed by atoms with Crippen LogP contribution in [0.4, 0.5) is 5.69 Å². The molecule has 0 saturated carbocycles. The van der Waals surface area contributed by atoms with Crippen LogP contribution >= 0.6 is 0 Å². The Bertz CT molecular complexity index is 691. The van der Waals surface area contributed by atoms with Crippen LogP contribution in [0.25, 0.3) is 0 Å². The van der Waals surface area contributed by atoms with Crippen molar-refractivity contribution in [2.45, 2.75) is 18.6 Å². The Labute approximate surface area is 130 Å². The number of ether oxygens (including phenoxy) is 1. The molecule has 0 aromatic heterocycles. The van der Waals surface area contributed by atoms with E-state index < -0.39 is 0 Å². The second-order valence-electron chi connectivity index (χ2n) is 5.49. The highest BCUT2D eigenvalue weighted by Gasteiger charge is 2.32. The SMILES string of the molecule is COc1cccc([C@H]2C[C@@H](O)CN2c2ccc(C#N)cc2)c1. The first kappa shape index (κ1) is 14.4. The van der Waals surface area contributed by atoms with Crippen LogP contribution in [0.3, 0.4) is 0 Å². The van der Waals surface area contributed by atoms with E-state index in [2.05, 4.69) is 17.0 Å². The van der Waals surface area contributed by atoms with E-state index in [0.717, 1.165) is 17.0 Å². The molecule has 22 heavy (non-hydrogen) atoms. The number of aliphatic hydroxyl groups excluding tert-OH is 1. The fourth-order valence-corrected chi connectivity index (χ4v) is 2.99. The summed E-state index contributed by atoms with van der Waals surface area (Å²) in [7, 11) is 1.65. The lowest BCUT2D eigenvalue weighted by Crippen LogP contribution is -2.24. The predicted molar refractivity (Wildman–Crippen MR) is 84.9 cm³/mol. The maximum Gasteiger partial charge on any atom is 0.119 e. The van der Waals surface area contributed by atoms with Crippen LogP contribution < -0.4 is 9.64 Å². The van der Waals surface area contributed by atoms with Gasteiger partial charge in [0.2, 0.25) is 0 Å². The van der Waals surface area contributed by atoms with E-state index in [4.69, 9.17) is 10.00 Å². The summed E-state index contributed by atoms with van der Waals surface area (Å²) in [6.45, 7) is 0.591. The smallest absolute Gasteiger partial charge is 0.119 e. The number of anilines is 1. The maximum absolute atomic E-state index is 10.1. The lowest BCUT2D eigenvalue weighted by molar-refractivity contribution is 0.194. The zero-order valence-corrected chi connectivity index (χ0v) is 12.4. The van der Waals surface area contributed by atoms with E-state index in [1.54, 1.807) is 7.11 Å². The Morgan fingerprint density at radius 1 is 1.23 bits per heavy atom. The summed E-state index contributed by atoms with van der Waals surface area (Å²) in [6.07, 6.45) is 0.333. The Morgan fingerprint density at radius 3 is 2.68 bits per heavy atom. The van der Waals surface area contributed by atoms with Gasteiger partial charge in [-0.25, -0.2) is 0 Å². The van der Waals surface area contributed by atoms with E-state index in [0.29, 0.717) is 18.5 Å². The van der Waals surface area contributed by atoms with Gasteiger partial charge in [0.25, 0.3) is 0 Å². The fraction of sp³-hybridized carbons (Fsp3) is 0.278. The molecule has 0 bridgehead atoms. The quantitative estimate of drug-likeness (QED) is 0.945. The number of rotatable bonds is 3. The summed E-state index contributed by atoms with van der Waals surface area (Å²) in [5, 5.41) is 19.0. The molecule has 2 aromatic carbocycles. The van der Waals surface area contributed by atoms with Crippen LogP contribution in [0.2, 0.25) is 0 Å². The molecular formula is C18H18N2O2. The van der Waals surface area contributed by atoms with Crippen LogP contribution in [-0.2, 0) is 0 Å². The van der Waals surface area contributed by atoms with Gasteiger partial charge in [0.05, 0.1) is 30.9 Å². The molecular weight excluding hydrogens is 276 g/mol. The second kappa shape index (κ2) is 6.08. The molecule has 1 N–H and O–H groups in total. The summed E-state index contributed by atoms with van der Waals surface area (Å²) in [4.78, 5) is 2.18. The number of aliphatic hydroxyl groups is 1. The topological polar surface area (TPSA) is 56.5 Å². The molecule has 0 spiro atoms. The Kier molecular flexibility index (Phi) is 3.99. The summed E-state index contributed by atoms with van der Waals surface area (Å²) < 4.78 is 5.30. The molecule has 112 valence electrons. The third-order valence-corrected chi connectivity index (χ3v) is 4.09. The molecule has 0 unspecified atom stereocenters. The van der Waals surface area contributed by atoms with Crippen molar-refractivity contribution in [3.8, 4) is 11.8 Å². The van der Waals surface area contributed by atoms with Crippen molar-refractivity contribution in [3.63, 3.8) is 0 Å². The first-order valence-corrected chi connectivity index (χ1v) is 7.30. The van der Waals surface area contributed by atoms with Gasteiger partial charge in [-0.05, 0) is 48.4 Å². The molecule has 2 aromatic rings. The van der Waals surface area contributed by atoms with Crippen molar-refractivity contribution in [2.75, 3.05) is 18.6 Å². The van der Waals surface area contributed by atoms with Crippen LogP contribution in [0.15, 0.2) is 48.5 Å². The average Bonchev–Trinajstić information content (AvgIpc) is 2.97. The van der Waals surface area contributed by atoms with E-state index in [1.165, 1.54) is 0 Å². The van der Waals surface area contributed by atoms with Gasteiger partial charge in [-0.2, -0.15) is 5.26 Å². The number of benzene rings is 2. The molecule has 3 rings (SSSR count). The molecule has 0 amide bonds. The molecule has 1 fully saturated rings. The lowest BCUT2D eigenvalue weighted by atomic mass is 10.0. The first-order valence-electron chi connectivity index (χ1n) is 7.30. The van der Waals surface area contributed by atoms with Crippen molar-refractivity contribution in [1.82, 2.24) is 0 Å². The summed E-state index contributed by atoms with van der Waals surface area (Å²) in [6, 6.07) is 17.7. The normalized spacial score (nSPS) is 20.7. The number of methoxy groups -OCH3 is 1. The largest absolute Gasteiger partial charge is 0.497 e. The van der Waals surface area contributed by atoms with Gasteiger partial charge in [0, 0.05) is 12.2 Å². The standard InChI is InChI=1S/C18H18N2O2/c1-22-17-4-2-3-14(9-17)18-10-16(21)12-20(18)15-7-5-13(11-19)6-8-15/h2-9,16,18,21H,10,12H2,1H3/t16-,18-/m1/s1. The van der Waals surface area contributed by atoms with Crippen LogP contribution in [-0.4, -0.2) is 24.9 Å². The zero-order chi connectivity index (χ0) is 15.5. The third-order valence-electron chi connectivity index (χ3n) is 4.09. The number of hydrogen-bond donors (Lipinski definition) is 1. The molecule has 4 heteroatoms. The van der Waals surface area contributed by atoms with Crippen molar-refractivity contribution in [1.29, 1.82) is 5.26 Å². The van der Waals surface area contributed by atoms with Crippen LogP contribution in [0, 0.1) is 11.3 Å². The minimum Gasteiger partial charge on any atom is -0.497 e. The Hall–Kier alpha value is -2.51. The van der Waals surface area contributed by atoms with Crippen molar-refractivity contribution >= 4 is 5.69 Å². The Morgan fingerprint density at radius 2 is 2.00 bits per heavy atom. The van der Waals surface area contributed by atoms with Gasteiger partial charge in [0.15, 0.2) is 0 Å². The second-order valence-corrected chi connectivity index (χ2v) is 5.49. The van der Waals surface area contributed by atoms with Gasteiger partial charge >= 0.3 is 0 Å². The molecule has 0 radical (unpaired) electrons. The fourth-order valence-electron chi connectivity index (χ4n) is 2.99. The molecule has 4 nitrogen and oxygen atoms in total. The van der Waals surface area contributed by atoms with E-state index >= 15 is 0 Å². The van der Waals surface area contributed by atoms with Crippen molar-refractivity contribution in [2.24, 2.45) is 0 Å². The van der Waals surface area contributed by atoms with Crippen LogP contribution in [0.1, 0.15) is 23.6 Å². The predicted octanol–water partition coefficient (Wildman–Crippen LogP) is 2.88. The molecule has 0 aliphatic carbocycles. The number of hydrogen-bond acceptors (Lipinski definition) is 4. The molecule has 1 aliphatic heterocycles. The summed E-state index contributed by atoms with van der Waals surface area (Å²) in [5.41, 5.74) is 2.78. The highest BCUT2D eigenvalue weighted by atomic mass is 16.5. The average molecular weight is 294 g/mol. The first-order chi connectivity index (χ1) is 10.7.